The molecule has 1 aliphatic carbocycles. The van der Waals surface area contributed by atoms with Gasteiger partial charge < -0.3 is 4.74 Å². The summed E-state index contributed by atoms with van der Waals surface area (Å²) in [6.07, 6.45) is 3.78. The molecule has 0 aromatic heterocycles. The van der Waals surface area contributed by atoms with Gasteiger partial charge in [0.05, 0.1) is 19.8 Å². The van der Waals surface area contributed by atoms with E-state index < -0.39 is 35.9 Å². The molecule has 0 radical (unpaired) electrons. The summed E-state index contributed by atoms with van der Waals surface area (Å²) in [4.78, 5) is 13.5. The summed E-state index contributed by atoms with van der Waals surface area (Å²) in [5.41, 5.74) is 4.14. The summed E-state index contributed by atoms with van der Waals surface area (Å²) in [6.45, 7) is 5.80. The highest BCUT2D eigenvalue weighted by Crippen LogP contribution is 2.52. The summed E-state index contributed by atoms with van der Waals surface area (Å²) in [5, 5.41) is 0. The third-order valence-corrected chi connectivity index (χ3v) is 6.90. The maximum Gasteiger partial charge on any atom is 0.330 e. The molecule has 2 atom stereocenters. The van der Waals surface area contributed by atoms with E-state index in [0.717, 1.165) is 34.8 Å². The lowest BCUT2D eigenvalue weighted by Crippen LogP contribution is -2.51. The van der Waals surface area contributed by atoms with Gasteiger partial charge in [0.15, 0.2) is 0 Å². The summed E-state index contributed by atoms with van der Waals surface area (Å²) in [6, 6.07) is 9.90. The van der Waals surface area contributed by atoms with E-state index in [0.29, 0.717) is 13.0 Å². The zero-order chi connectivity index (χ0) is 24.6. The number of rotatable bonds is 6. The monoisotopic (exact) mass is 469 g/mol. The highest BCUT2D eigenvalue weighted by Gasteiger charge is 2.46. The first-order valence-electron chi connectivity index (χ1n) is 11.5. The summed E-state index contributed by atoms with van der Waals surface area (Å²) in [5.74, 6) is -2.26. The fourth-order valence-corrected chi connectivity index (χ4v) is 5.26. The second-order valence-corrected chi connectivity index (χ2v) is 9.90. The zero-order valence-electron chi connectivity index (χ0n) is 20.0. The molecule has 0 spiro atoms. The van der Waals surface area contributed by atoms with Crippen molar-refractivity contribution in [3.63, 3.8) is 0 Å². The molecular formula is C28H30F3NO2. The largest absolute Gasteiger partial charge is 0.466 e. The molecule has 0 saturated carbocycles. The Morgan fingerprint density at radius 3 is 2.56 bits per heavy atom. The Morgan fingerprint density at radius 1 is 1.24 bits per heavy atom. The van der Waals surface area contributed by atoms with Crippen LogP contribution in [0.25, 0.3) is 11.6 Å². The molecule has 0 N–H and O–H groups in total. The van der Waals surface area contributed by atoms with Crippen molar-refractivity contribution < 1.29 is 22.7 Å². The van der Waals surface area contributed by atoms with Gasteiger partial charge in [0.2, 0.25) is 0 Å². The number of alkyl halides is 1. The van der Waals surface area contributed by atoms with Crippen molar-refractivity contribution in [2.45, 2.75) is 45.2 Å². The zero-order valence-corrected chi connectivity index (χ0v) is 20.0. The van der Waals surface area contributed by atoms with Crippen molar-refractivity contribution >= 4 is 17.6 Å². The standard InChI is InChI=1S/C28H30F3NO2/c1-17(15-29)16-32-27(26-23(30)11-18(12-24(26)31)9-10-25(33)34-4)21-13-19-7-5-6-8-20(19)22(21)14-28(32,2)3/h5-12,17,27H,13-16H2,1-4H3/b10-9+/t17-,27?/m1/s1. The molecule has 0 saturated heterocycles. The Morgan fingerprint density at radius 2 is 1.91 bits per heavy atom. The van der Waals surface area contributed by atoms with Gasteiger partial charge in [-0.15, -0.1) is 0 Å². The molecular weight excluding hydrogens is 439 g/mol. The molecule has 6 heteroatoms. The van der Waals surface area contributed by atoms with Gasteiger partial charge in [-0.2, -0.15) is 0 Å². The van der Waals surface area contributed by atoms with Crippen molar-refractivity contribution in [3.8, 4) is 0 Å². The fraction of sp³-hybridized carbons (Fsp3) is 0.393. The van der Waals surface area contributed by atoms with Crippen molar-refractivity contribution in [1.29, 1.82) is 0 Å². The SMILES string of the molecule is COC(=O)/C=C/c1cc(F)c(C2C3=C(CC(C)(C)N2C[C@H](C)CF)c2ccccc2C3)c(F)c1. The van der Waals surface area contributed by atoms with E-state index in [1.165, 1.54) is 25.3 Å². The molecule has 0 amide bonds. The molecule has 2 aromatic rings. The summed E-state index contributed by atoms with van der Waals surface area (Å²) >= 11 is 0. The first-order chi connectivity index (χ1) is 16.2. The lowest BCUT2D eigenvalue weighted by atomic mass is 9.78. The third kappa shape index (κ3) is 4.43. The molecule has 34 heavy (non-hydrogen) atoms. The minimum Gasteiger partial charge on any atom is -0.466 e. The number of hydrogen-bond acceptors (Lipinski definition) is 3. The van der Waals surface area contributed by atoms with Crippen LogP contribution < -0.4 is 0 Å². The van der Waals surface area contributed by atoms with Gasteiger partial charge in [-0.1, -0.05) is 31.2 Å². The smallest absolute Gasteiger partial charge is 0.330 e. The molecule has 0 bridgehead atoms. The van der Waals surface area contributed by atoms with Crippen LogP contribution in [0.15, 0.2) is 48.0 Å². The minimum absolute atomic E-state index is 0.0330. The number of halogens is 3. The molecule has 180 valence electrons. The molecule has 2 aromatic carbocycles. The maximum absolute atomic E-state index is 15.6. The highest BCUT2D eigenvalue weighted by molar-refractivity contribution is 5.87. The topological polar surface area (TPSA) is 29.5 Å². The van der Waals surface area contributed by atoms with Gasteiger partial charge in [0.1, 0.15) is 11.6 Å². The van der Waals surface area contributed by atoms with E-state index in [9.17, 15) is 9.18 Å². The van der Waals surface area contributed by atoms with Crippen molar-refractivity contribution in [1.82, 2.24) is 4.90 Å². The number of carbonyl (C=O) groups excluding carboxylic acids is 1. The molecule has 4 rings (SSSR count). The van der Waals surface area contributed by atoms with Crippen LogP contribution in [0.1, 0.15) is 55.5 Å². The first kappa shape index (κ1) is 24.3. The van der Waals surface area contributed by atoms with E-state index in [-0.39, 0.29) is 17.0 Å². The van der Waals surface area contributed by atoms with Crippen molar-refractivity contribution in [2.24, 2.45) is 5.92 Å². The van der Waals surface area contributed by atoms with Crippen LogP contribution in [0, 0.1) is 17.6 Å². The van der Waals surface area contributed by atoms with E-state index in [1.807, 2.05) is 19.1 Å². The van der Waals surface area contributed by atoms with Crippen LogP contribution in [0.4, 0.5) is 13.2 Å². The lowest BCUT2D eigenvalue weighted by molar-refractivity contribution is -0.134. The molecule has 1 aliphatic heterocycles. The van der Waals surface area contributed by atoms with Gasteiger partial charge in [0.25, 0.3) is 0 Å². The van der Waals surface area contributed by atoms with Crippen LogP contribution in [-0.2, 0) is 16.0 Å². The number of carbonyl (C=O) groups is 1. The number of ether oxygens (including phenoxy) is 1. The molecule has 2 aliphatic rings. The van der Waals surface area contributed by atoms with E-state index in [2.05, 4.69) is 35.6 Å². The molecule has 0 fully saturated rings. The summed E-state index contributed by atoms with van der Waals surface area (Å²) in [7, 11) is 1.24. The summed E-state index contributed by atoms with van der Waals surface area (Å²) < 4.78 is 49.4. The number of hydrogen-bond donors (Lipinski definition) is 0. The molecule has 1 unspecified atom stereocenters. The maximum atomic E-state index is 15.6. The van der Waals surface area contributed by atoms with Crippen LogP contribution >= 0.6 is 0 Å². The Balaban J connectivity index is 1.86. The van der Waals surface area contributed by atoms with Crippen LogP contribution in [0.3, 0.4) is 0 Å². The molecule has 1 heterocycles. The average molecular weight is 470 g/mol. The minimum atomic E-state index is -0.687. The fourth-order valence-electron chi connectivity index (χ4n) is 5.26. The Kier molecular flexibility index (Phi) is 6.72. The number of esters is 1. The highest BCUT2D eigenvalue weighted by atomic mass is 19.1. The van der Waals surface area contributed by atoms with Crippen molar-refractivity contribution in [2.75, 3.05) is 20.3 Å². The van der Waals surface area contributed by atoms with E-state index >= 15 is 8.78 Å². The normalized spacial score (nSPS) is 20.4. The second-order valence-electron chi connectivity index (χ2n) is 9.90. The first-order valence-corrected chi connectivity index (χ1v) is 11.5. The lowest BCUT2D eigenvalue weighted by Gasteiger charge is -2.49. The van der Waals surface area contributed by atoms with Gasteiger partial charge in [0, 0.05) is 23.7 Å². The number of benzene rings is 2. The van der Waals surface area contributed by atoms with Gasteiger partial charge in [-0.05, 0) is 78.7 Å². The quantitative estimate of drug-likeness (QED) is 0.368. The molecule has 3 nitrogen and oxygen atoms in total. The number of fused-ring (bicyclic) bond motifs is 2. The Hall–Kier alpha value is -2.86. The second kappa shape index (κ2) is 9.41. The van der Waals surface area contributed by atoms with Crippen LogP contribution in [0.2, 0.25) is 0 Å². The van der Waals surface area contributed by atoms with Gasteiger partial charge in [-0.3, -0.25) is 9.29 Å². The van der Waals surface area contributed by atoms with Crippen LogP contribution in [0.5, 0.6) is 0 Å². The van der Waals surface area contributed by atoms with Gasteiger partial charge in [-0.25, -0.2) is 13.6 Å². The Bertz CT molecular complexity index is 1140. The van der Waals surface area contributed by atoms with E-state index in [4.69, 9.17) is 0 Å². The Labute approximate surface area is 198 Å². The predicted octanol–water partition coefficient (Wildman–Crippen LogP) is 6.29. The number of methoxy groups -OCH3 is 1. The number of nitrogens with zero attached hydrogens (tertiary/aromatic N) is 1. The van der Waals surface area contributed by atoms with Crippen LogP contribution in [-0.4, -0.2) is 36.7 Å². The third-order valence-electron chi connectivity index (χ3n) is 6.90. The predicted molar refractivity (Wildman–Crippen MR) is 128 cm³/mol. The average Bonchev–Trinajstić information content (AvgIpc) is 3.15. The van der Waals surface area contributed by atoms with Gasteiger partial charge >= 0.3 is 5.97 Å². The van der Waals surface area contributed by atoms with Crippen molar-refractivity contribution in [3.05, 3.63) is 81.9 Å². The van der Waals surface area contributed by atoms with E-state index in [1.54, 1.807) is 0 Å².